The van der Waals surface area contributed by atoms with Gasteiger partial charge in [0.05, 0.1) is 0 Å². The molecular weight excluding hydrogens is 358 g/mol. The zero-order chi connectivity index (χ0) is 19.2. The molecule has 0 heterocycles. The van der Waals surface area contributed by atoms with E-state index in [0.29, 0.717) is 10.8 Å². The number of ether oxygens (including phenoxy) is 1. The Hall–Kier alpha value is -3.04. The lowest BCUT2D eigenvalue weighted by Crippen LogP contribution is -2.25. The molecule has 3 aromatic rings. The fourth-order valence-electron chi connectivity index (χ4n) is 2.64. The van der Waals surface area contributed by atoms with E-state index in [4.69, 9.17) is 16.3 Å². The summed E-state index contributed by atoms with van der Waals surface area (Å²) in [6.45, 7) is 0. The van der Waals surface area contributed by atoms with E-state index in [1.165, 1.54) is 4.90 Å². The van der Waals surface area contributed by atoms with Crippen molar-refractivity contribution in [2.45, 2.75) is 0 Å². The topological polar surface area (TPSA) is 29.5 Å². The average Bonchev–Trinajstić information content (AvgIpc) is 2.68. The molecule has 0 atom stereocenters. The Morgan fingerprint density at radius 3 is 2.19 bits per heavy atom. The lowest BCUT2D eigenvalue weighted by molar-refractivity contribution is 0.172. The van der Waals surface area contributed by atoms with Crippen molar-refractivity contribution in [3.8, 4) is 5.75 Å². The highest BCUT2D eigenvalue weighted by Crippen LogP contribution is 2.35. The minimum Gasteiger partial charge on any atom is -0.409 e. The Balaban J connectivity index is 2.16. The van der Waals surface area contributed by atoms with Crippen LogP contribution in [0.15, 0.2) is 78.9 Å². The van der Waals surface area contributed by atoms with Crippen molar-refractivity contribution in [1.82, 2.24) is 4.90 Å². The van der Waals surface area contributed by atoms with Crippen molar-refractivity contribution in [1.29, 1.82) is 0 Å². The van der Waals surface area contributed by atoms with E-state index in [2.05, 4.69) is 6.08 Å². The summed E-state index contributed by atoms with van der Waals surface area (Å²) in [6.07, 6.45) is 1.62. The van der Waals surface area contributed by atoms with Gasteiger partial charge >= 0.3 is 6.09 Å². The SMILES string of the molecule is CN(C)C(=O)Oc1cc(Cl)ccc1/C(=C/c1ccccc1)c1ccccc1. The maximum atomic E-state index is 12.1. The fraction of sp³-hybridized carbons (Fsp3) is 0.0870. The molecule has 1 amide bonds. The molecule has 0 spiro atoms. The Morgan fingerprint density at radius 1 is 0.926 bits per heavy atom. The van der Waals surface area contributed by atoms with Gasteiger partial charge in [0.2, 0.25) is 0 Å². The number of carbonyl (C=O) groups excluding carboxylic acids is 1. The van der Waals surface area contributed by atoms with Crippen molar-refractivity contribution >= 4 is 29.3 Å². The molecule has 27 heavy (non-hydrogen) atoms. The number of hydrogen-bond acceptors (Lipinski definition) is 2. The molecule has 0 unspecified atom stereocenters. The van der Waals surface area contributed by atoms with Crippen LogP contribution < -0.4 is 4.74 Å². The van der Waals surface area contributed by atoms with Gasteiger partial charge in [-0.05, 0) is 34.9 Å². The Labute approximate surface area is 164 Å². The molecule has 0 fully saturated rings. The van der Waals surface area contributed by atoms with Crippen LogP contribution in [0.5, 0.6) is 5.75 Å². The van der Waals surface area contributed by atoms with Crippen LogP contribution in [-0.4, -0.2) is 25.1 Å². The second kappa shape index (κ2) is 8.56. The normalized spacial score (nSPS) is 11.1. The molecule has 0 aromatic heterocycles. The maximum absolute atomic E-state index is 12.1. The maximum Gasteiger partial charge on any atom is 0.414 e. The zero-order valence-electron chi connectivity index (χ0n) is 15.2. The smallest absolute Gasteiger partial charge is 0.409 e. The van der Waals surface area contributed by atoms with Gasteiger partial charge in [-0.2, -0.15) is 0 Å². The van der Waals surface area contributed by atoms with Gasteiger partial charge in [0.1, 0.15) is 5.75 Å². The highest BCUT2D eigenvalue weighted by atomic mass is 35.5. The molecule has 0 bridgehead atoms. The number of amides is 1. The summed E-state index contributed by atoms with van der Waals surface area (Å²) in [5, 5.41) is 0.507. The largest absolute Gasteiger partial charge is 0.414 e. The third-order valence-corrected chi connectivity index (χ3v) is 4.23. The van der Waals surface area contributed by atoms with Crippen LogP contribution in [0.4, 0.5) is 4.79 Å². The van der Waals surface area contributed by atoms with Crippen molar-refractivity contribution in [3.05, 3.63) is 101 Å². The van der Waals surface area contributed by atoms with Crippen LogP contribution in [0, 0.1) is 0 Å². The Morgan fingerprint density at radius 2 is 1.56 bits per heavy atom. The van der Waals surface area contributed by atoms with E-state index in [-0.39, 0.29) is 0 Å². The van der Waals surface area contributed by atoms with Crippen molar-refractivity contribution in [2.24, 2.45) is 0 Å². The Kier molecular flexibility index (Phi) is 5.94. The molecule has 0 saturated carbocycles. The molecule has 0 N–H and O–H groups in total. The first kappa shape index (κ1) is 18.7. The van der Waals surface area contributed by atoms with E-state index in [9.17, 15) is 4.79 Å². The first-order valence-corrected chi connectivity index (χ1v) is 8.93. The van der Waals surface area contributed by atoms with Crippen LogP contribution in [0.3, 0.4) is 0 Å². The van der Waals surface area contributed by atoms with E-state index < -0.39 is 6.09 Å². The van der Waals surface area contributed by atoms with Gasteiger partial charge in [-0.25, -0.2) is 4.79 Å². The van der Waals surface area contributed by atoms with Crippen molar-refractivity contribution < 1.29 is 9.53 Å². The molecule has 0 aliphatic carbocycles. The predicted molar refractivity (Wildman–Crippen MR) is 111 cm³/mol. The van der Waals surface area contributed by atoms with Gasteiger partial charge in [0, 0.05) is 30.7 Å². The first-order valence-electron chi connectivity index (χ1n) is 8.56. The molecule has 0 saturated heterocycles. The third-order valence-electron chi connectivity index (χ3n) is 3.99. The van der Waals surface area contributed by atoms with Crippen LogP contribution in [0.25, 0.3) is 11.6 Å². The standard InChI is InChI=1S/C23H20ClNO2/c1-25(2)23(26)27-22-16-19(24)13-14-20(22)21(18-11-7-4-8-12-18)15-17-9-5-3-6-10-17/h3-16H,1-2H3/b21-15+. The van der Waals surface area contributed by atoms with Gasteiger partial charge in [-0.15, -0.1) is 0 Å². The summed E-state index contributed by atoms with van der Waals surface area (Å²) in [6, 6.07) is 25.4. The van der Waals surface area contributed by atoms with Crippen LogP contribution in [0.1, 0.15) is 16.7 Å². The molecular formula is C23H20ClNO2. The second-order valence-corrected chi connectivity index (χ2v) is 6.67. The van der Waals surface area contributed by atoms with Crippen LogP contribution in [-0.2, 0) is 0 Å². The van der Waals surface area contributed by atoms with Gasteiger partial charge in [0.25, 0.3) is 0 Å². The minimum atomic E-state index is -0.453. The molecule has 4 heteroatoms. The van der Waals surface area contributed by atoms with Gasteiger partial charge < -0.3 is 9.64 Å². The molecule has 136 valence electrons. The highest BCUT2D eigenvalue weighted by Gasteiger charge is 2.16. The second-order valence-electron chi connectivity index (χ2n) is 6.24. The van der Waals surface area contributed by atoms with Crippen molar-refractivity contribution in [2.75, 3.05) is 14.1 Å². The summed E-state index contributed by atoms with van der Waals surface area (Å²) in [4.78, 5) is 13.5. The molecule has 0 aliphatic rings. The molecule has 0 aliphatic heterocycles. The zero-order valence-corrected chi connectivity index (χ0v) is 16.0. The van der Waals surface area contributed by atoms with Gasteiger partial charge in [-0.1, -0.05) is 72.3 Å². The van der Waals surface area contributed by atoms with Gasteiger partial charge in [-0.3, -0.25) is 0 Å². The number of rotatable bonds is 4. The fourth-order valence-corrected chi connectivity index (χ4v) is 2.80. The van der Waals surface area contributed by atoms with E-state index in [0.717, 1.165) is 22.3 Å². The molecule has 3 nitrogen and oxygen atoms in total. The Bertz CT molecular complexity index is 951. The highest BCUT2D eigenvalue weighted by molar-refractivity contribution is 6.30. The average molecular weight is 378 g/mol. The van der Waals surface area contributed by atoms with E-state index in [1.54, 1.807) is 26.2 Å². The van der Waals surface area contributed by atoms with E-state index >= 15 is 0 Å². The van der Waals surface area contributed by atoms with Crippen LogP contribution in [0.2, 0.25) is 5.02 Å². The quantitative estimate of drug-likeness (QED) is 0.522. The van der Waals surface area contributed by atoms with Crippen LogP contribution >= 0.6 is 11.6 Å². The van der Waals surface area contributed by atoms with E-state index in [1.807, 2.05) is 66.7 Å². The lowest BCUT2D eigenvalue weighted by Gasteiger charge is -2.16. The summed E-state index contributed by atoms with van der Waals surface area (Å²) < 4.78 is 5.59. The first-order chi connectivity index (χ1) is 13.0. The predicted octanol–water partition coefficient (Wildman–Crippen LogP) is 5.99. The summed E-state index contributed by atoms with van der Waals surface area (Å²) in [7, 11) is 3.29. The molecule has 3 aromatic carbocycles. The molecule has 3 rings (SSSR count). The molecule has 0 radical (unpaired) electrons. The number of carbonyl (C=O) groups is 1. The summed E-state index contributed by atoms with van der Waals surface area (Å²) in [5.41, 5.74) is 3.81. The van der Waals surface area contributed by atoms with Gasteiger partial charge in [0.15, 0.2) is 0 Å². The van der Waals surface area contributed by atoms with Crippen molar-refractivity contribution in [3.63, 3.8) is 0 Å². The third kappa shape index (κ3) is 4.78. The minimum absolute atomic E-state index is 0.423. The summed E-state index contributed by atoms with van der Waals surface area (Å²) in [5.74, 6) is 0.423. The monoisotopic (exact) mass is 377 g/mol. The number of hydrogen-bond donors (Lipinski definition) is 0. The number of halogens is 1. The lowest BCUT2D eigenvalue weighted by atomic mass is 9.95. The summed E-state index contributed by atoms with van der Waals surface area (Å²) >= 11 is 6.17. The number of benzene rings is 3. The number of nitrogens with zero attached hydrogens (tertiary/aromatic N) is 1.